The van der Waals surface area contributed by atoms with Crippen molar-refractivity contribution in [1.29, 1.82) is 0 Å². The van der Waals surface area contributed by atoms with E-state index in [2.05, 4.69) is 21.0 Å². The highest BCUT2D eigenvalue weighted by Crippen LogP contribution is 2.43. The van der Waals surface area contributed by atoms with E-state index in [4.69, 9.17) is 11.6 Å². The van der Waals surface area contributed by atoms with Crippen molar-refractivity contribution in [2.75, 3.05) is 6.26 Å². The van der Waals surface area contributed by atoms with Crippen LogP contribution in [0.25, 0.3) is 0 Å². The van der Waals surface area contributed by atoms with E-state index in [1.54, 1.807) is 0 Å². The Kier molecular flexibility index (Phi) is 3.35. The Bertz CT molecular complexity index is 402. The summed E-state index contributed by atoms with van der Waals surface area (Å²) in [5, 5.41) is 9.73. The quantitative estimate of drug-likeness (QED) is 0.841. The lowest BCUT2D eigenvalue weighted by molar-refractivity contribution is 0.353. The Labute approximate surface area is 111 Å². The Balaban J connectivity index is 1.84. The van der Waals surface area contributed by atoms with Crippen LogP contribution in [0.3, 0.4) is 0 Å². The van der Waals surface area contributed by atoms with E-state index in [-0.39, 0.29) is 0 Å². The zero-order valence-corrected chi connectivity index (χ0v) is 11.7. The summed E-state index contributed by atoms with van der Waals surface area (Å²) in [5.74, 6) is 1.77. The van der Waals surface area contributed by atoms with Gasteiger partial charge >= 0.3 is 0 Å². The van der Waals surface area contributed by atoms with Crippen LogP contribution in [0, 0.1) is 0 Å². The first-order valence-electron chi connectivity index (χ1n) is 6.42. The molecule has 0 bridgehead atoms. The van der Waals surface area contributed by atoms with Crippen LogP contribution in [0.15, 0.2) is 0 Å². The van der Waals surface area contributed by atoms with Gasteiger partial charge < -0.3 is 0 Å². The third-order valence-electron chi connectivity index (χ3n) is 3.92. The standard InChI is InChI=1S/C12H18ClN3S/c1-17-10-4-2-3-9(7-10)16-11(8-5-6-8)14-15-12(16)13/h8-10H,2-7H2,1H3. The highest BCUT2D eigenvalue weighted by atomic mass is 35.5. The third kappa shape index (κ3) is 2.34. The fourth-order valence-electron chi connectivity index (χ4n) is 2.81. The van der Waals surface area contributed by atoms with E-state index >= 15 is 0 Å². The maximum absolute atomic E-state index is 6.22. The number of hydrogen-bond donors (Lipinski definition) is 0. The zero-order valence-electron chi connectivity index (χ0n) is 10.1. The molecule has 2 aliphatic carbocycles. The van der Waals surface area contributed by atoms with Crippen LogP contribution in [0.2, 0.25) is 5.28 Å². The fourth-order valence-corrected chi connectivity index (χ4v) is 3.89. The summed E-state index contributed by atoms with van der Waals surface area (Å²) in [6.45, 7) is 0. The van der Waals surface area contributed by atoms with Crippen molar-refractivity contribution in [2.45, 2.75) is 55.7 Å². The van der Waals surface area contributed by atoms with Crippen LogP contribution < -0.4 is 0 Å². The van der Waals surface area contributed by atoms with Crippen molar-refractivity contribution in [3.05, 3.63) is 11.1 Å². The lowest BCUT2D eigenvalue weighted by atomic mass is 9.94. The molecule has 94 valence electrons. The molecule has 1 heterocycles. The van der Waals surface area contributed by atoms with Crippen LogP contribution in [0.1, 0.15) is 56.3 Å². The summed E-state index contributed by atoms with van der Waals surface area (Å²) >= 11 is 8.21. The van der Waals surface area contributed by atoms with Gasteiger partial charge in [0.2, 0.25) is 5.28 Å². The molecular formula is C12H18ClN3S. The molecular weight excluding hydrogens is 254 g/mol. The van der Waals surface area contributed by atoms with Gasteiger partial charge in [0.25, 0.3) is 0 Å². The van der Waals surface area contributed by atoms with Gasteiger partial charge in [-0.05, 0) is 50.0 Å². The predicted octanol–water partition coefficient (Wildman–Crippen LogP) is 3.66. The molecule has 0 saturated heterocycles. The van der Waals surface area contributed by atoms with E-state index in [9.17, 15) is 0 Å². The van der Waals surface area contributed by atoms with Crippen LogP contribution >= 0.6 is 23.4 Å². The molecule has 0 N–H and O–H groups in total. The van der Waals surface area contributed by atoms with E-state index in [1.807, 2.05) is 11.8 Å². The summed E-state index contributed by atoms with van der Waals surface area (Å²) in [6.07, 6.45) is 9.82. The molecule has 0 aliphatic heterocycles. The summed E-state index contributed by atoms with van der Waals surface area (Å²) in [5.41, 5.74) is 0. The normalized spacial score (nSPS) is 29.5. The first kappa shape index (κ1) is 11.8. The summed E-state index contributed by atoms with van der Waals surface area (Å²) in [4.78, 5) is 0. The number of aromatic nitrogens is 3. The molecule has 0 radical (unpaired) electrons. The van der Waals surface area contributed by atoms with Gasteiger partial charge in [-0.25, -0.2) is 0 Å². The molecule has 2 unspecified atom stereocenters. The van der Waals surface area contributed by atoms with Crippen LogP contribution in [0.5, 0.6) is 0 Å². The van der Waals surface area contributed by atoms with Gasteiger partial charge in [0.15, 0.2) is 0 Å². The number of hydrogen-bond acceptors (Lipinski definition) is 3. The first-order valence-corrected chi connectivity index (χ1v) is 8.09. The average molecular weight is 272 g/mol. The summed E-state index contributed by atoms with van der Waals surface area (Å²) in [7, 11) is 0. The van der Waals surface area contributed by atoms with Gasteiger partial charge in [0, 0.05) is 17.2 Å². The SMILES string of the molecule is CSC1CCCC(n2c(Cl)nnc2C2CC2)C1. The lowest BCUT2D eigenvalue weighted by Crippen LogP contribution is -2.22. The van der Waals surface area contributed by atoms with Crippen molar-refractivity contribution >= 4 is 23.4 Å². The topological polar surface area (TPSA) is 30.7 Å². The van der Waals surface area contributed by atoms with Crippen molar-refractivity contribution in [3.63, 3.8) is 0 Å². The van der Waals surface area contributed by atoms with E-state index in [0.29, 0.717) is 17.2 Å². The van der Waals surface area contributed by atoms with Gasteiger partial charge in [-0.3, -0.25) is 4.57 Å². The Morgan fingerprint density at radius 3 is 2.76 bits per heavy atom. The molecule has 3 nitrogen and oxygen atoms in total. The predicted molar refractivity (Wildman–Crippen MR) is 71.8 cm³/mol. The molecule has 5 heteroatoms. The molecule has 0 aromatic carbocycles. The third-order valence-corrected chi connectivity index (χ3v) is 5.27. The van der Waals surface area contributed by atoms with E-state index < -0.39 is 0 Å². The smallest absolute Gasteiger partial charge is 0.225 e. The van der Waals surface area contributed by atoms with Crippen LogP contribution in [-0.2, 0) is 0 Å². The average Bonchev–Trinajstić information content (AvgIpc) is 3.13. The molecule has 2 saturated carbocycles. The Morgan fingerprint density at radius 2 is 2.06 bits per heavy atom. The number of nitrogens with zero attached hydrogens (tertiary/aromatic N) is 3. The molecule has 3 rings (SSSR count). The van der Waals surface area contributed by atoms with E-state index in [1.165, 1.54) is 38.5 Å². The number of thioether (sulfide) groups is 1. The minimum atomic E-state index is 0.527. The molecule has 1 aromatic heterocycles. The van der Waals surface area contributed by atoms with Crippen molar-refractivity contribution < 1.29 is 0 Å². The summed E-state index contributed by atoms with van der Waals surface area (Å²) < 4.78 is 2.22. The maximum Gasteiger partial charge on any atom is 0.225 e. The Hall–Kier alpha value is -0.220. The van der Waals surface area contributed by atoms with Gasteiger partial charge in [0.05, 0.1) is 0 Å². The van der Waals surface area contributed by atoms with Crippen molar-refractivity contribution in [1.82, 2.24) is 14.8 Å². The second-order valence-electron chi connectivity index (χ2n) is 5.15. The van der Waals surface area contributed by atoms with Crippen molar-refractivity contribution in [2.24, 2.45) is 0 Å². The second kappa shape index (κ2) is 4.81. The minimum Gasteiger partial charge on any atom is -0.298 e. The second-order valence-corrected chi connectivity index (χ2v) is 6.63. The van der Waals surface area contributed by atoms with E-state index in [0.717, 1.165) is 11.1 Å². The van der Waals surface area contributed by atoms with Gasteiger partial charge in [0.1, 0.15) is 5.82 Å². The largest absolute Gasteiger partial charge is 0.298 e. The minimum absolute atomic E-state index is 0.527. The van der Waals surface area contributed by atoms with Gasteiger partial charge in [-0.2, -0.15) is 11.8 Å². The molecule has 1 aromatic rings. The Morgan fingerprint density at radius 1 is 1.24 bits per heavy atom. The molecule has 17 heavy (non-hydrogen) atoms. The zero-order chi connectivity index (χ0) is 11.8. The van der Waals surface area contributed by atoms with Gasteiger partial charge in [-0.1, -0.05) is 6.42 Å². The maximum atomic E-state index is 6.22. The number of halogens is 1. The number of rotatable bonds is 3. The molecule has 2 aliphatic rings. The fraction of sp³-hybridized carbons (Fsp3) is 0.833. The monoisotopic (exact) mass is 271 g/mol. The molecule has 0 amide bonds. The lowest BCUT2D eigenvalue weighted by Gasteiger charge is -2.30. The highest BCUT2D eigenvalue weighted by molar-refractivity contribution is 7.99. The highest BCUT2D eigenvalue weighted by Gasteiger charge is 2.34. The van der Waals surface area contributed by atoms with Crippen LogP contribution in [0.4, 0.5) is 0 Å². The molecule has 2 fully saturated rings. The van der Waals surface area contributed by atoms with Crippen LogP contribution in [-0.4, -0.2) is 26.3 Å². The first-order chi connectivity index (χ1) is 8.29. The summed E-state index contributed by atoms with van der Waals surface area (Å²) in [6, 6.07) is 0.527. The molecule has 0 spiro atoms. The van der Waals surface area contributed by atoms with Crippen molar-refractivity contribution in [3.8, 4) is 0 Å². The molecule has 2 atom stereocenters. The van der Waals surface area contributed by atoms with Gasteiger partial charge in [-0.15, -0.1) is 10.2 Å².